The Kier molecular flexibility index (Phi) is 28.8. The van der Waals surface area contributed by atoms with Gasteiger partial charge in [-0.2, -0.15) is 0 Å². The second kappa shape index (κ2) is 25.9. The van der Waals surface area contributed by atoms with Crippen LogP contribution in [0.1, 0.15) is 174 Å². The standard InChI is InChI=1S/C16H35N.C9H20.C7H12O.C3H8/c1-8-11-16(10-3)13(5)15(7)17-14(6)12(4)9-2;1-5-7-8-9(3,4)6-2;1-6-2-4-7(8)5-3-6;1-3-2/h12-17H,8-11H2,1-7H3;5-8H2,1-4H3;2,7-8H,3-5H2,1H3;3H2,1-2H3. The third kappa shape index (κ3) is 24.4. The third-order valence-electron chi connectivity index (χ3n) is 8.51. The zero-order chi connectivity index (χ0) is 29.4. The summed E-state index contributed by atoms with van der Waals surface area (Å²) >= 11 is 0. The maximum Gasteiger partial charge on any atom is 0.0577 e. The molecule has 37 heavy (non-hydrogen) atoms. The molecule has 0 amide bonds. The highest BCUT2D eigenvalue weighted by Gasteiger charge is 2.23. The second-order valence-electron chi connectivity index (χ2n) is 12.8. The molecule has 6 unspecified atom stereocenters. The molecule has 0 aromatic rings. The quantitative estimate of drug-likeness (QED) is 0.234. The largest absolute Gasteiger partial charge is 0.393 e. The minimum absolute atomic E-state index is 0.0568. The molecule has 1 aliphatic rings. The maximum absolute atomic E-state index is 8.98. The van der Waals surface area contributed by atoms with Crippen molar-refractivity contribution >= 4 is 0 Å². The molecule has 0 aromatic carbocycles. The topological polar surface area (TPSA) is 32.3 Å². The number of unbranched alkanes of at least 4 members (excludes halogenated alkanes) is 1. The Morgan fingerprint density at radius 1 is 0.919 bits per heavy atom. The predicted molar refractivity (Wildman–Crippen MR) is 173 cm³/mol. The molecule has 0 aromatic heterocycles. The molecule has 226 valence electrons. The molecule has 0 fully saturated rings. The van der Waals surface area contributed by atoms with Crippen LogP contribution in [0, 0.1) is 23.2 Å². The molecule has 0 aliphatic heterocycles. The number of aliphatic hydroxyl groups is 1. The molecular formula is C35H75NO. The molecule has 1 aliphatic carbocycles. The number of allylic oxidation sites excluding steroid dienone is 1. The van der Waals surface area contributed by atoms with Crippen molar-refractivity contribution in [3.63, 3.8) is 0 Å². The summed E-state index contributed by atoms with van der Waals surface area (Å²) in [6, 6.07) is 1.27. The maximum atomic E-state index is 8.98. The van der Waals surface area contributed by atoms with Gasteiger partial charge in [0.05, 0.1) is 6.10 Å². The van der Waals surface area contributed by atoms with Crippen LogP contribution < -0.4 is 5.32 Å². The van der Waals surface area contributed by atoms with Gasteiger partial charge in [-0.05, 0) is 69.6 Å². The van der Waals surface area contributed by atoms with Crippen LogP contribution in [0.5, 0.6) is 0 Å². The lowest BCUT2D eigenvalue weighted by Gasteiger charge is -2.32. The summed E-state index contributed by atoms with van der Waals surface area (Å²) in [6.07, 6.45) is 16.9. The summed E-state index contributed by atoms with van der Waals surface area (Å²) in [5, 5.41) is 12.8. The Morgan fingerprint density at radius 2 is 1.49 bits per heavy atom. The van der Waals surface area contributed by atoms with Crippen molar-refractivity contribution in [3.8, 4) is 0 Å². The van der Waals surface area contributed by atoms with Gasteiger partial charge in [-0.25, -0.2) is 0 Å². The number of nitrogens with one attached hydrogen (secondary N) is 1. The fourth-order valence-corrected chi connectivity index (χ4v) is 4.49. The van der Waals surface area contributed by atoms with E-state index in [0.717, 1.165) is 37.0 Å². The molecular weight excluding hydrogens is 450 g/mol. The van der Waals surface area contributed by atoms with Gasteiger partial charge in [0.1, 0.15) is 0 Å². The van der Waals surface area contributed by atoms with Crippen LogP contribution in [0.15, 0.2) is 11.6 Å². The highest BCUT2D eigenvalue weighted by atomic mass is 16.3. The lowest BCUT2D eigenvalue weighted by atomic mass is 9.83. The lowest BCUT2D eigenvalue weighted by Crippen LogP contribution is -2.43. The van der Waals surface area contributed by atoms with Gasteiger partial charge >= 0.3 is 0 Å². The Balaban J connectivity index is -0.000000483. The highest BCUT2D eigenvalue weighted by molar-refractivity contribution is 5.02. The van der Waals surface area contributed by atoms with E-state index in [4.69, 9.17) is 5.11 Å². The molecule has 0 saturated heterocycles. The van der Waals surface area contributed by atoms with Crippen molar-refractivity contribution < 1.29 is 5.11 Å². The zero-order valence-electron chi connectivity index (χ0n) is 28.5. The third-order valence-corrected chi connectivity index (χ3v) is 8.51. The summed E-state index contributed by atoms with van der Waals surface area (Å²) in [4.78, 5) is 0. The average molecular weight is 526 g/mol. The van der Waals surface area contributed by atoms with Gasteiger partial charge in [-0.15, -0.1) is 0 Å². The fraction of sp³-hybridized carbons (Fsp3) is 0.943. The van der Waals surface area contributed by atoms with E-state index >= 15 is 0 Å². The fourth-order valence-electron chi connectivity index (χ4n) is 4.49. The minimum atomic E-state index is -0.0568. The van der Waals surface area contributed by atoms with E-state index in [-0.39, 0.29) is 6.10 Å². The highest BCUT2D eigenvalue weighted by Crippen LogP contribution is 2.26. The normalized spacial score (nSPS) is 19.3. The van der Waals surface area contributed by atoms with Crippen molar-refractivity contribution in [3.05, 3.63) is 11.6 Å². The van der Waals surface area contributed by atoms with Gasteiger partial charge in [-0.3, -0.25) is 0 Å². The first-order valence-electron chi connectivity index (χ1n) is 16.4. The van der Waals surface area contributed by atoms with Crippen LogP contribution in [-0.2, 0) is 0 Å². The minimum Gasteiger partial charge on any atom is -0.393 e. The Bertz CT molecular complexity index is 497. The Hall–Kier alpha value is -0.340. The predicted octanol–water partition coefficient (Wildman–Crippen LogP) is 11.4. The molecule has 1 rings (SSSR count). The van der Waals surface area contributed by atoms with Gasteiger partial charge in [0.25, 0.3) is 0 Å². The van der Waals surface area contributed by atoms with Crippen LogP contribution >= 0.6 is 0 Å². The van der Waals surface area contributed by atoms with E-state index in [1.807, 2.05) is 0 Å². The first kappa shape index (κ1) is 41.1. The molecule has 2 heteroatoms. The average Bonchev–Trinajstić information content (AvgIpc) is 2.88. The Labute approximate surface area is 237 Å². The number of hydrogen-bond donors (Lipinski definition) is 2. The number of aliphatic hydroxyl groups excluding tert-OH is 1. The van der Waals surface area contributed by atoms with E-state index in [1.165, 1.54) is 63.4 Å². The van der Waals surface area contributed by atoms with Crippen LogP contribution in [0.25, 0.3) is 0 Å². The summed E-state index contributed by atoms with van der Waals surface area (Å²) in [5.74, 6) is 2.44. The molecule has 2 nitrogen and oxygen atoms in total. The summed E-state index contributed by atoms with van der Waals surface area (Å²) in [5.41, 5.74) is 2.02. The summed E-state index contributed by atoms with van der Waals surface area (Å²) in [6.45, 7) is 32.0. The van der Waals surface area contributed by atoms with Crippen molar-refractivity contribution in [2.24, 2.45) is 23.2 Å². The lowest BCUT2D eigenvalue weighted by molar-refractivity contribution is 0.162. The van der Waals surface area contributed by atoms with Gasteiger partial charge in [-0.1, -0.05) is 139 Å². The molecule has 0 heterocycles. The molecule has 0 bridgehead atoms. The molecule has 0 saturated carbocycles. The van der Waals surface area contributed by atoms with Crippen molar-refractivity contribution in [2.75, 3.05) is 0 Å². The van der Waals surface area contributed by atoms with E-state index in [2.05, 4.69) is 108 Å². The van der Waals surface area contributed by atoms with Crippen molar-refractivity contribution in [2.45, 2.75) is 192 Å². The number of rotatable bonds is 13. The van der Waals surface area contributed by atoms with E-state index in [9.17, 15) is 0 Å². The second-order valence-corrected chi connectivity index (χ2v) is 12.8. The molecule has 0 radical (unpaired) electrons. The van der Waals surface area contributed by atoms with Gasteiger partial charge in [0, 0.05) is 12.1 Å². The molecule has 0 spiro atoms. The molecule has 6 atom stereocenters. The van der Waals surface area contributed by atoms with E-state index in [1.54, 1.807) is 0 Å². The summed E-state index contributed by atoms with van der Waals surface area (Å²) < 4.78 is 0. The van der Waals surface area contributed by atoms with Gasteiger partial charge in [0.2, 0.25) is 0 Å². The monoisotopic (exact) mass is 526 g/mol. The number of hydrogen-bond acceptors (Lipinski definition) is 2. The van der Waals surface area contributed by atoms with Crippen LogP contribution in [0.4, 0.5) is 0 Å². The zero-order valence-corrected chi connectivity index (χ0v) is 28.5. The van der Waals surface area contributed by atoms with E-state index in [0.29, 0.717) is 17.5 Å². The first-order valence-corrected chi connectivity index (χ1v) is 16.4. The van der Waals surface area contributed by atoms with Gasteiger partial charge < -0.3 is 10.4 Å². The van der Waals surface area contributed by atoms with Crippen molar-refractivity contribution in [1.82, 2.24) is 5.32 Å². The van der Waals surface area contributed by atoms with E-state index < -0.39 is 0 Å². The van der Waals surface area contributed by atoms with Crippen LogP contribution in [0.2, 0.25) is 0 Å². The van der Waals surface area contributed by atoms with Gasteiger partial charge in [0.15, 0.2) is 0 Å². The SMILES string of the molecule is CC1=CCC(O)CC1.CCC.CCCC(CC)C(C)C(C)NC(C)C(C)CC.CCCCC(C)(C)CC. The molecule has 2 N–H and O–H groups in total. The first-order chi connectivity index (χ1) is 17.3. The Morgan fingerprint density at radius 3 is 1.84 bits per heavy atom. The smallest absolute Gasteiger partial charge is 0.0577 e. The van der Waals surface area contributed by atoms with Crippen LogP contribution in [-0.4, -0.2) is 23.3 Å². The van der Waals surface area contributed by atoms with Crippen LogP contribution in [0.3, 0.4) is 0 Å². The summed E-state index contributed by atoms with van der Waals surface area (Å²) in [7, 11) is 0. The van der Waals surface area contributed by atoms with Crippen molar-refractivity contribution in [1.29, 1.82) is 0 Å².